The lowest BCUT2D eigenvalue weighted by Crippen LogP contribution is -2.82. The Morgan fingerprint density at radius 2 is 1.68 bits per heavy atom. The molecule has 2 bridgehead atoms. The van der Waals surface area contributed by atoms with Gasteiger partial charge in [-0.3, -0.25) is 14.4 Å². The highest BCUT2D eigenvalue weighted by molar-refractivity contribution is 5.93. The molecule has 11 nitrogen and oxygen atoms in total. The summed E-state index contributed by atoms with van der Waals surface area (Å²) in [7, 11) is 0. The number of epoxide rings is 1. The van der Waals surface area contributed by atoms with Crippen LogP contribution in [-0.2, 0) is 33.3 Å². The highest BCUT2D eigenvalue weighted by atomic mass is 16.6. The van der Waals surface area contributed by atoms with Crippen LogP contribution >= 0.6 is 0 Å². The Morgan fingerprint density at radius 1 is 0.976 bits per heavy atom. The first kappa shape index (κ1) is 27.5. The summed E-state index contributed by atoms with van der Waals surface area (Å²) >= 11 is 0. The van der Waals surface area contributed by atoms with Crippen LogP contribution < -0.4 is 0 Å². The van der Waals surface area contributed by atoms with Gasteiger partial charge in [0.2, 0.25) is 0 Å². The molecule has 1 aromatic heterocycles. The zero-order valence-corrected chi connectivity index (χ0v) is 23.9. The van der Waals surface area contributed by atoms with Crippen molar-refractivity contribution in [2.24, 2.45) is 33.5 Å². The Bertz CT molecular complexity index is 1310. The van der Waals surface area contributed by atoms with Crippen molar-refractivity contribution in [3.63, 3.8) is 0 Å². The molecular formula is C30H38O11. The standard InChI is InChI=1S/C30H38O11/c1-13(31)39-20-10-19(34)29-12-38-25(36)26(20,3)17(29)9-18(33)28(5)23(29)22(35)24(40-14(2)32)27(4)16(15-6-7-37-11-15)8-21-30(27,28)41-21/h6-7,11,16-21,23-25,33-34,36H,8-10,12H2,1-5H3/t16-,17-,18+,19-,20+,21+,23-,24-,25-,26+,27+,28+,29+,30+/m0/s1. The van der Waals surface area contributed by atoms with E-state index in [1.165, 1.54) is 13.8 Å². The second-order valence-corrected chi connectivity index (χ2v) is 13.9. The summed E-state index contributed by atoms with van der Waals surface area (Å²) in [4.78, 5) is 39.7. The summed E-state index contributed by atoms with van der Waals surface area (Å²) in [6.07, 6.45) is -2.27. The summed E-state index contributed by atoms with van der Waals surface area (Å²) in [6.45, 7) is 7.85. The maximum Gasteiger partial charge on any atom is 0.303 e. The van der Waals surface area contributed by atoms with Crippen molar-refractivity contribution in [3.8, 4) is 0 Å². The van der Waals surface area contributed by atoms with Gasteiger partial charge in [0.05, 0.1) is 48.3 Å². The van der Waals surface area contributed by atoms with Crippen LogP contribution in [0.4, 0.5) is 0 Å². The molecule has 7 rings (SSSR count). The lowest BCUT2D eigenvalue weighted by molar-refractivity contribution is -0.373. The van der Waals surface area contributed by atoms with Crippen molar-refractivity contribution >= 4 is 17.7 Å². The molecule has 11 heteroatoms. The largest absolute Gasteiger partial charge is 0.472 e. The topological polar surface area (TPSA) is 165 Å². The van der Waals surface area contributed by atoms with Gasteiger partial charge < -0.3 is 38.7 Å². The Labute approximate surface area is 237 Å². The van der Waals surface area contributed by atoms with E-state index in [2.05, 4.69) is 0 Å². The van der Waals surface area contributed by atoms with E-state index in [0.717, 1.165) is 5.56 Å². The van der Waals surface area contributed by atoms with Crippen molar-refractivity contribution in [3.05, 3.63) is 24.2 Å². The number of esters is 2. The molecule has 1 aromatic rings. The van der Waals surface area contributed by atoms with Gasteiger partial charge in [0.25, 0.3) is 0 Å². The quantitative estimate of drug-likeness (QED) is 0.354. The Morgan fingerprint density at radius 3 is 2.32 bits per heavy atom. The molecule has 3 N–H and O–H groups in total. The van der Waals surface area contributed by atoms with Crippen LogP contribution in [0.1, 0.15) is 65.4 Å². The molecule has 2 aliphatic heterocycles. The predicted molar refractivity (Wildman–Crippen MR) is 137 cm³/mol. The molecule has 0 aromatic carbocycles. The fourth-order valence-corrected chi connectivity index (χ4v) is 11.0. The number of carbonyl (C=O) groups excluding carboxylic acids is 3. The van der Waals surface area contributed by atoms with Crippen molar-refractivity contribution < 1.29 is 53.1 Å². The number of fused-ring (bicyclic) bond motifs is 1. The molecule has 4 saturated carbocycles. The third-order valence-corrected chi connectivity index (χ3v) is 12.6. The van der Waals surface area contributed by atoms with Gasteiger partial charge in [0.15, 0.2) is 18.2 Å². The number of carbonyl (C=O) groups is 3. The van der Waals surface area contributed by atoms with Crippen molar-refractivity contribution in [2.45, 2.75) is 102 Å². The van der Waals surface area contributed by atoms with Gasteiger partial charge in [-0.2, -0.15) is 0 Å². The maximum atomic E-state index is 15.0. The number of aliphatic hydroxyl groups excluding tert-OH is 3. The number of aliphatic hydroxyl groups is 3. The molecule has 0 amide bonds. The SMILES string of the molecule is CC(=O)O[C@@H]1C[C@H](O)[C@@]23CO[C@H](O)[C@]1(C)[C@@H]2C[C@@H](O)[C@]1(C)[C@@H]3C(=O)[C@H](OC(C)=O)[C@@]2(C)[C@H](c3ccoc3)C[C@H]3O[C@]321. The number of Topliss-reactive ketones (excluding diaryl/α,β-unsaturated/α-hetero) is 1. The average molecular weight is 575 g/mol. The van der Waals surface area contributed by atoms with Crippen LogP contribution in [-0.4, -0.2) is 82.1 Å². The smallest absolute Gasteiger partial charge is 0.303 e. The van der Waals surface area contributed by atoms with Crippen LogP contribution in [0.5, 0.6) is 0 Å². The summed E-state index contributed by atoms with van der Waals surface area (Å²) < 4.78 is 29.5. The Hall–Kier alpha value is -2.31. The number of furan rings is 1. The highest BCUT2D eigenvalue weighted by Crippen LogP contribution is 2.82. The van der Waals surface area contributed by atoms with Gasteiger partial charge in [-0.05, 0) is 30.4 Å². The molecule has 2 saturated heterocycles. The fourth-order valence-electron chi connectivity index (χ4n) is 11.0. The lowest BCUT2D eigenvalue weighted by atomic mass is 9.33. The second-order valence-electron chi connectivity index (χ2n) is 13.9. The van der Waals surface area contributed by atoms with E-state index >= 15 is 4.79 Å². The Kier molecular flexibility index (Phi) is 5.50. The number of ether oxygens (including phenoxy) is 4. The number of rotatable bonds is 3. The molecule has 224 valence electrons. The molecule has 14 atom stereocenters. The van der Waals surface area contributed by atoms with Gasteiger partial charge in [-0.15, -0.1) is 0 Å². The van der Waals surface area contributed by atoms with Gasteiger partial charge >= 0.3 is 11.9 Å². The van der Waals surface area contributed by atoms with E-state index in [-0.39, 0.29) is 31.5 Å². The van der Waals surface area contributed by atoms with Crippen LogP contribution in [0.25, 0.3) is 0 Å². The molecule has 1 spiro atoms. The first-order valence-electron chi connectivity index (χ1n) is 14.5. The van der Waals surface area contributed by atoms with E-state index in [4.69, 9.17) is 23.4 Å². The average Bonchev–Trinajstić information content (AvgIpc) is 3.26. The van der Waals surface area contributed by atoms with Gasteiger partial charge in [-0.1, -0.05) is 20.8 Å². The number of hydrogen-bond donors (Lipinski definition) is 3. The summed E-state index contributed by atoms with van der Waals surface area (Å²) in [5, 5.41) is 35.4. The van der Waals surface area contributed by atoms with Crippen molar-refractivity contribution in [1.29, 1.82) is 0 Å². The normalized spacial score (nSPS) is 54.7. The molecule has 3 heterocycles. The third-order valence-electron chi connectivity index (χ3n) is 12.6. The minimum Gasteiger partial charge on any atom is -0.472 e. The van der Waals surface area contributed by atoms with E-state index in [1.807, 2.05) is 19.9 Å². The zero-order valence-electron chi connectivity index (χ0n) is 23.9. The van der Waals surface area contributed by atoms with Crippen LogP contribution in [0.15, 0.2) is 23.0 Å². The molecule has 41 heavy (non-hydrogen) atoms. The van der Waals surface area contributed by atoms with Crippen LogP contribution in [0.2, 0.25) is 0 Å². The van der Waals surface area contributed by atoms with Gasteiger partial charge in [0, 0.05) is 42.9 Å². The molecule has 4 aliphatic carbocycles. The van der Waals surface area contributed by atoms with Crippen LogP contribution in [0, 0.1) is 33.5 Å². The minimum absolute atomic E-state index is 0.0205. The van der Waals surface area contributed by atoms with E-state index in [0.29, 0.717) is 6.42 Å². The summed E-state index contributed by atoms with van der Waals surface area (Å²) in [5.41, 5.74) is -4.93. The third kappa shape index (κ3) is 2.85. The molecular weight excluding hydrogens is 536 g/mol. The Balaban J connectivity index is 1.44. The highest BCUT2D eigenvalue weighted by Gasteiger charge is 2.92. The van der Waals surface area contributed by atoms with E-state index in [9.17, 15) is 24.9 Å². The first-order valence-corrected chi connectivity index (χ1v) is 14.5. The summed E-state index contributed by atoms with van der Waals surface area (Å²) in [6, 6.07) is 1.84. The summed E-state index contributed by atoms with van der Waals surface area (Å²) in [5.74, 6) is -3.56. The molecule has 0 unspecified atom stereocenters. The van der Waals surface area contributed by atoms with Crippen LogP contribution in [0.3, 0.4) is 0 Å². The van der Waals surface area contributed by atoms with E-state index in [1.54, 1.807) is 19.5 Å². The predicted octanol–water partition coefficient (Wildman–Crippen LogP) is 1.47. The molecule has 0 radical (unpaired) electrons. The van der Waals surface area contributed by atoms with Gasteiger partial charge in [0.1, 0.15) is 11.7 Å². The molecule has 6 aliphatic rings. The lowest BCUT2D eigenvalue weighted by Gasteiger charge is -2.73. The first-order chi connectivity index (χ1) is 19.2. The second kappa shape index (κ2) is 8.19. The molecule has 6 fully saturated rings. The maximum absolute atomic E-state index is 15.0. The van der Waals surface area contributed by atoms with Crippen molar-refractivity contribution in [2.75, 3.05) is 6.61 Å². The van der Waals surface area contributed by atoms with Gasteiger partial charge in [-0.25, -0.2) is 0 Å². The van der Waals surface area contributed by atoms with E-state index < -0.39 is 87.5 Å². The zero-order chi connectivity index (χ0) is 29.5. The minimum atomic E-state index is -1.36. The van der Waals surface area contributed by atoms with Crippen molar-refractivity contribution in [1.82, 2.24) is 0 Å². The monoisotopic (exact) mass is 574 g/mol. The number of hydrogen-bond acceptors (Lipinski definition) is 11. The number of ketones is 1. The fraction of sp³-hybridized carbons (Fsp3) is 0.767.